The first-order valence-corrected chi connectivity index (χ1v) is 7.74. The van der Waals surface area contributed by atoms with Gasteiger partial charge in [-0.3, -0.25) is 10.2 Å². The number of hydrogen-bond acceptors (Lipinski definition) is 4. The van der Waals surface area contributed by atoms with Crippen LogP contribution < -0.4 is 11.3 Å². The molecule has 1 amide bonds. The number of hydrogen-bond donors (Lipinski definition) is 2. The third kappa shape index (κ3) is 5.22. The van der Waals surface area contributed by atoms with Gasteiger partial charge in [0, 0.05) is 18.8 Å². The third-order valence-corrected chi connectivity index (χ3v) is 3.74. The Bertz CT molecular complexity index is 394. The van der Waals surface area contributed by atoms with E-state index in [4.69, 9.17) is 5.84 Å². The highest BCUT2D eigenvalue weighted by molar-refractivity contribution is 7.98. The summed E-state index contributed by atoms with van der Waals surface area (Å²) in [7, 11) is 2.12. The number of rotatable bonds is 7. The smallest absolute Gasteiger partial charge is 0.241 e. The van der Waals surface area contributed by atoms with Gasteiger partial charge >= 0.3 is 0 Å². The minimum absolute atomic E-state index is 0.162. The summed E-state index contributed by atoms with van der Waals surface area (Å²) in [6, 6.07) is 8.14. The molecule has 0 saturated heterocycles. The molecule has 1 unspecified atom stereocenters. The molecule has 1 aromatic rings. The Morgan fingerprint density at radius 2 is 2.05 bits per heavy atom. The second kappa shape index (κ2) is 8.19. The first-order chi connectivity index (χ1) is 9.08. The van der Waals surface area contributed by atoms with Crippen molar-refractivity contribution in [3.8, 4) is 0 Å². The fraction of sp³-hybridized carbons (Fsp3) is 0.500. The summed E-state index contributed by atoms with van der Waals surface area (Å²) in [5, 5.41) is 0. The fourth-order valence-corrected chi connectivity index (χ4v) is 2.32. The molecule has 106 valence electrons. The molecule has 0 heterocycles. The molecule has 0 fully saturated rings. The van der Waals surface area contributed by atoms with Crippen LogP contribution in [0.2, 0.25) is 0 Å². The average Bonchev–Trinajstić information content (AvgIpc) is 2.44. The molecule has 19 heavy (non-hydrogen) atoms. The highest BCUT2D eigenvalue weighted by Crippen LogP contribution is 2.16. The summed E-state index contributed by atoms with van der Waals surface area (Å²) in [5.74, 6) is 5.91. The molecule has 0 radical (unpaired) electrons. The van der Waals surface area contributed by atoms with Gasteiger partial charge < -0.3 is 4.90 Å². The zero-order chi connectivity index (χ0) is 14.3. The van der Waals surface area contributed by atoms with Gasteiger partial charge in [-0.1, -0.05) is 24.3 Å². The lowest BCUT2D eigenvalue weighted by atomic mass is 9.99. The molecule has 3 N–H and O–H groups in total. The Hall–Kier alpha value is -1.04. The standard InChI is InChI=1S/C14H23N3OS/c1-11(14(18)16-15)13-6-4-12(5-7-13)10-17(2)8-9-19-3/h4-7,11H,8-10,15H2,1-3H3,(H,16,18). The third-order valence-electron chi connectivity index (χ3n) is 3.14. The van der Waals surface area contributed by atoms with Crippen LogP contribution in [0, 0.1) is 0 Å². The molecule has 0 spiro atoms. The number of benzene rings is 1. The molecule has 1 atom stereocenters. The van der Waals surface area contributed by atoms with Gasteiger partial charge in [-0.25, -0.2) is 5.84 Å². The number of amides is 1. The van der Waals surface area contributed by atoms with E-state index in [0.29, 0.717) is 0 Å². The van der Waals surface area contributed by atoms with Crippen LogP contribution in [0.3, 0.4) is 0 Å². The molecule has 0 aliphatic heterocycles. The SMILES string of the molecule is CSCCN(C)Cc1ccc(C(C)C(=O)NN)cc1. The van der Waals surface area contributed by atoms with Crippen LogP contribution in [0.5, 0.6) is 0 Å². The van der Waals surface area contributed by atoms with E-state index < -0.39 is 0 Å². The Labute approximate surface area is 119 Å². The molecule has 4 nitrogen and oxygen atoms in total. The van der Waals surface area contributed by atoms with Crippen LogP contribution in [-0.2, 0) is 11.3 Å². The largest absolute Gasteiger partial charge is 0.301 e. The predicted molar refractivity (Wildman–Crippen MR) is 81.9 cm³/mol. The predicted octanol–water partition coefficient (Wildman–Crippen LogP) is 1.57. The lowest BCUT2D eigenvalue weighted by molar-refractivity contribution is -0.122. The van der Waals surface area contributed by atoms with Crippen molar-refractivity contribution in [3.63, 3.8) is 0 Å². The van der Waals surface area contributed by atoms with Gasteiger partial charge in [-0.05, 0) is 31.4 Å². The average molecular weight is 281 g/mol. The Morgan fingerprint density at radius 3 is 2.58 bits per heavy atom. The molecule has 1 aromatic carbocycles. The first kappa shape index (κ1) is 16.0. The van der Waals surface area contributed by atoms with Crippen LogP contribution in [0.15, 0.2) is 24.3 Å². The molecule has 5 heteroatoms. The van der Waals surface area contributed by atoms with Crippen LogP contribution in [0.25, 0.3) is 0 Å². The van der Waals surface area contributed by atoms with E-state index in [1.807, 2.05) is 30.8 Å². The maximum atomic E-state index is 11.4. The molecule has 0 aliphatic carbocycles. The number of carbonyl (C=O) groups is 1. The topological polar surface area (TPSA) is 58.4 Å². The second-order valence-corrected chi connectivity index (χ2v) is 5.69. The van der Waals surface area contributed by atoms with Gasteiger partial charge in [0.2, 0.25) is 5.91 Å². The van der Waals surface area contributed by atoms with Gasteiger partial charge in [0.1, 0.15) is 0 Å². The highest BCUT2D eigenvalue weighted by Gasteiger charge is 2.13. The van der Waals surface area contributed by atoms with E-state index >= 15 is 0 Å². The van der Waals surface area contributed by atoms with E-state index in [2.05, 4.69) is 35.8 Å². The summed E-state index contributed by atoms with van der Waals surface area (Å²) in [6.45, 7) is 3.86. The number of nitrogens with zero attached hydrogens (tertiary/aromatic N) is 1. The molecule has 0 aromatic heterocycles. The zero-order valence-electron chi connectivity index (χ0n) is 11.8. The lowest BCUT2D eigenvalue weighted by Crippen LogP contribution is -2.33. The number of nitrogens with one attached hydrogen (secondary N) is 1. The van der Waals surface area contributed by atoms with Crippen molar-refractivity contribution >= 4 is 17.7 Å². The Kier molecular flexibility index (Phi) is 6.91. The minimum Gasteiger partial charge on any atom is -0.301 e. The Balaban J connectivity index is 2.58. The van der Waals surface area contributed by atoms with Gasteiger partial charge in [0.25, 0.3) is 0 Å². The van der Waals surface area contributed by atoms with Gasteiger partial charge in [-0.15, -0.1) is 0 Å². The number of carbonyl (C=O) groups excluding carboxylic acids is 1. The monoisotopic (exact) mass is 281 g/mol. The lowest BCUT2D eigenvalue weighted by Gasteiger charge is -2.16. The number of thioether (sulfide) groups is 1. The van der Waals surface area contributed by atoms with Crippen LogP contribution in [0.4, 0.5) is 0 Å². The van der Waals surface area contributed by atoms with E-state index in [1.165, 1.54) is 5.56 Å². The molecule has 0 saturated carbocycles. The molecular formula is C14H23N3OS. The maximum absolute atomic E-state index is 11.4. The van der Waals surface area contributed by atoms with Crippen molar-refractivity contribution in [3.05, 3.63) is 35.4 Å². The normalized spacial score (nSPS) is 12.5. The summed E-state index contributed by atoms with van der Waals surface area (Å²) in [6.07, 6.45) is 2.12. The zero-order valence-corrected chi connectivity index (χ0v) is 12.7. The van der Waals surface area contributed by atoms with Gasteiger partial charge in [0.15, 0.2) is 0 Å². The fourth-order valence-electron chi connectivity index (χ4n) is 1.83. The Morgan fingerprint density at radius 1 is 1.42 bits per heavy atom. The first-order valence-electron chi connectivity index (χ1n) is 6.35. The van der Waals surface area contributed by atoms with Crippen molar-refractivity contribution in [2.45, 2.75) is 19.4 Å². The van der Waals surface area contributed by atoms with Crippen molar-refractivity contribution < 1.29 is 4.79 Å². The molecule has 1 rings (SSSR count). The van der Waals surface area contributed by atoms with Crippen LogP contribution in [0.1, 0.15) is 24.0 Å². The van der Waals surface area contributed by atoms with E-state index in [0.717, 1.165) is 24.4 Å². The van der Waals surface area contributed by atoms with E-state index in [1.54, 1.807) is 0 Å². The maximum Gasteiger partial charge on any atom is 0.241 e. The quantitative estimate of drug-likeness (QED) is 0.452. The van der Waals surface area contributed by atoms with Crippen molar-refractivity contribution in [1.29, 1.82) is 0 Å². The van der Waals surface area contributed by atoms with E-state index in [-0.39, 0.29) is 11.8 Å². The molecule has 0 bridgehead atoms. The van der Waals surface area contributed by atoms with Gasteiger partial charge in [-0.2, -0.15) is 11.8 Å². The number of hydrazine groups is 1. The van der Waals surface area contributed by atoms with Crippen molar-refractivity contribution in [2.24, 2.45) is 5.84 Å². The summed E-state index contributed by atoms with van der Waals surface area (Å²) >= 11 is 1.85. The molecule has 0 aliphatic rings. The van der Waals surface area contributed by atoms with Crippen molar-refractivity contribution in [1.82, 2.24) is 10.3 Å². The summed E-state index contributed by atoms with van der Waals surface area (Å²) in [4.78, 5) is 13.7. The van der Waals surface area contributed by atoms with Crippen molar-refractivity contribution in [2.75, 3.05) is 25.6 Å². The highest BCUT2D eigenvalue weighted by atomic mass is 32.2. The minimum atomic E-state index is -0.215. The summed E-state index contributed by atoms with van der Waals surface area (Å²) < 4.78 is 0. The van der Waals surface area contributed by atoms with Crippen LogP contribution >= 0.6 is 11.8 Å². The van der Waals surface area contributed by atoms with Crippen LogP contribution in [-0.4, -0.2) is 36.4 Å². The molecular weight excluding hydrogens is 258 g/mol. The second-order valence-electron chi connectivity index (χ2n) is 4.70. The summed E-state index contributed by atoms with van der Waals surface area (Å²) in [5.41, 5.74) is 4.43. The van der Waals surface area contributed by atoms with E-state index in [9.17, 15) is 4.79 Å². The number of nitrogens with two attached hydrogens (primary N) is 1. The van der Waals surface area contributed by atoms with Gasteiger partial charge in [0.05, 0.1) is 5.92 Å².